The van der Waals surface area contributed by atoms with Crippen LogP contribution in [0.4, 0.5) is 0 Å². The number of methoxy groups -OCH3 is 2. The van der Waals surface area contributed by atoms with E-state index in [1.165, 1.54) is 0 Å². The Bertz CT molecular complexity index is 994. The minimum Gasteiger partial charge on any atom is -0.497 e. The molecule has 0 fully saturated rings. The molecule has 4 rings (SSSR count). The summed E-state index contributed by atoms with van der Waals surface area (Å²) in [5, 5.41) is 0. The average molecular weight is 382 g/mol. The van der Waals surface area contributed by atoms with E-state index in [2.05, 4.69) is 36.4 Å². The molecule has 0 saturated heterocycles. The van der Waals surface area contributed by atoms with E-state index in [0.29, 0.717) is 0 Å². The number of hydrogen-bond donors (Lipinski definition) is 0. The predicted molar refractivity (Wildman–Crippen MR) is 117 cm³/mol. The largest absolute Gasteiger partial charge is 0.497 e. The average Bonchev–Trinajstić information content (AvgIpc) is 2.80. The Hall–Kier alpha value is -3.72. The lowest BCUT2D eigenvalue weighted by molar-refractivity contribution is 0.415. The summed E-state index contributed by atoms with van der Waals surface area (Å²) in [5.41, 5.74) is 4.45. The summed E-state index contributed by atoms with van der Waals surface area (Å²) >= 11 is 0. The van der Waals surface area contributed by atoms with E-state index in [4.69, 9.17) is 14.2 Å². The van der Waals surface area contributed by atoms with Crippen molar-refractivity contribution in [3.8, 4) is 45.3 Å². The van der Waals surface area contributed by atoms with Gasteiger partial charge in [0.2, 0.25) is 0 Å². The van der Waals surface area contributed by atoms with Crippen LogP contribution in [0, 0.1) is 0 Å². The highest BCUT2D eigenvalue weighted by Gasteiger charge is 2.04. The Kier molecular flexibility index (Phi) is 5.48. The Labute approximate surface area is 171 Å². The van der Waals surface area contributed by atoms with Crippen LogP contribution < -0.4 is 14.2 Å². The Balaban J connectivity index is 1.47. The van der Waals surface area contributed by atoms with Gasteiger partial charge in [0.05, 0.1) is 14.2 Å². The first kappa shape index (κ1) is 18.6. The van der Waals surface area contributed by atoms with E-state index in [9.17, 15) is 0 Å². The molecule has 3 nitrogen and oxygen atoms in total. The fraction of sp³-hybridized carbons (Fsp3) is 0.0769. The third-order valence-corrected chi connectivity index (χ3v) is 4.75. The molecular formula is C26H22O3. The van der Waals surface area contributed by atoms with Gasteiger partial charge in [0, 0.05) is 0 Å². The van der Waals surface area contributed by atoms with Crippen molar-refractivity contribution in [1.82, 2.24) is 0 Å². The van der Waals surface area contributed by atoms with Crippen molar-refractivity contribution in [2.45, 2.75) is 0 Å². The van der Waals surface area contributed by atoms with Crippen LogP contribution in [0.5, 0.6) is 23.0 Å². The van der Waals surface area contributed by atoms with Crippen LogP contribution in [-0.2, 0) is 0 Å². The molecule has 0 aliphatic heterocycles. The predicted octanol–water partition coefficient (Wildman–Crippen LogP) is 6.83. The van der Waals surface area contributed by atoms with Gasteiger partial charge in [0.25, 0.3) is 0 Å². The molecule has 0 aliphatic carbocycles. The molecule has 0 bridgehead atoms. The van der Waals surface area contributed by atoms with Crippen LogP contribution in [0.15, 0.2) is 97.1 Å². The Morgan fingerprint density at radius 1 is 0.414 bits per heavy atom. The number of rotatable bonds is 6. The fourth-order valence-electron chi connectivity index (χ4n) is 3.17. The van der Waals surface area contributed by atoms with Gasteiger partial charge in [-0.05, 0) is 70.8 Å². The molecule has 29 heavy (non-hydrogen) atoms. The van der Waals surface area contributed by atoms with Crippen LogP contribution in [0.2, 0.25) is 0 Å². The van der Waals surface area contributed by atoms with Crippen LogP contribution in [0.1, 0.15) is 0 Å². The molecule has 0 aromatic heterocycles. The maximum atomic E-state index is 6.00. The van der Waals surface area contributed by atoms with Gasteiger partial charge in [-0.1, -0.05) is 48.5 Å². The highest BCUT2D eigenvalue weighted by molar-refractivity contribution is 5.67. The molecule has 0 heterocycles. The first-order valence-electron chi connectivity index (χ1n) is 9.42. The second-order valence-electron chi connectivity index (χ2n) is 6.61. The van der Waals surface area contributed by atoms with Crippen LogP contribution in [-0.4, -0.2) is 14.2 Å². The van der Waals surface area contributed by atoms with Gasteiger partial charge in [0.15, 0.2) is 0 Å². The molecule has 3 heteroatoms. The SMILES string of the molecule is COc1cccc(-c2ccc(Oc3ccc(-c4cccc(OC)c4)cc3)cc2)c1. The maximum absolute atomic E-state index is 6.00. The first-order valence-corrected chi connectivity index (χ1v) is 9.42. The number of ether oxygens (including phenoxy) is 3. The smallest absolute Gasteiger partial charge is 0.127 e. The summed E-state index contributed by atoms with van der Waals surface area (Å²) in [6, 6.07) is 32.1. The summed E-state index contributed by atoms with van der Waals surface area (Å²) in [4.78, 5) is 0. The molecule has 0 N–H and O–H groups in total. The van der Waals surface area contributed by atoms with Crippen molar-refractivity contribution >= 4 is 0 Å². The van der Waals surface area contributed by atoms with Crippen LogP contribution in [0.25, 0.3) is 22.3 Å². The maximum Gasteiger partial charge on any atom is 0.127 e. The molecule has 4 aromatic rings. The summed E-state index contributed by atoms with van der Waals surface area (Å²) in [6.45, 7) is 0. The number of hydrogen-bond acceptors (Lipinski definition) is 3. The summed E-state index contributed by atoms with van der Waals surface area (Å²) < 4.78 is 16.6. The minimum atomic E-state index is 0.797. The molecule has 0 saturated carbocycles. The summed E-state index contributed by atoms with van der Waals surface area (Å²) in [6.07, 6.45) is 0. The van der Waals surface area contributed by atoms with Gasteiger partial charge in [-0.25, -0.2) is 0 Å². The molecule has 0 unspecified atom stereocenters. The Morgan fingerprint density at radius 2 is 0.828 bits per heavy atom. The van der Waals surface area contributed by atoms with Crippen molar-refractivity contribution in [2.75, 3.05) is 14.2 Å². The number of benzene rings is 4. The highest BCUT2D eigenvalue weighted by Crippen LogP contribution is 2.30. The summed E-state index contributed by atoms with van der Waals surface area (Å²) in [5.74, 6) is 3.29. The third kappa shape index (κ3) is 4.41. The van der Waals surface area contributed by atoms with E-state index in [1.54, 1.807) is 14.2 Å². The molecule has 0 aliphatic rings. The fourth-order valence-corrected chi connectivity index (χ4v) is 3.17. The van der Waals surface area contributed by atoms with Gasteiger partial charge in [-0.15, -0.1) is 0 Å². The molecule has 0 spiro atoms. The zero-order valence-electron chi connectivity index (χ0n) is 16.5. The van der Waals surface area contributed by atoms with Crippen molar-refractivity contribution in [1.29, 1.82) is 0 Å². The Morgan fingerprint density at radius 3 is 1.21 bits per heavy atom. The van der Waals surface area contributed by atoms with Crippen LogP contribution >= 0.6 is 0 Å². The van der Waals surface area contributed by atoms with E-state index < -0.39 is 0 Å². The van der Waals surface area contributed by atoms with E-state index >= 15 is 0 Å². The molecule has 0 atom stereocenters. The van der Waals surface area contributed by atoms with Gasteiger partial charge in [0.1, 0.15) is 23.0 Å². The van der Waals surface area contributed by atoms with Crippen molar-refractivity contribution in [3.05, 3.63) is 97.1 Å². The monoisotopic (exact) mass is 382 g/mol. The quantitative estimate of drug-likeness (QED) is 0.366. The van der Waals surface area contributed by atoms with Gasteiger partial charge >= 0.3 is 0 Å². The molecule has 144 valence electrons. The topological polar surface area (TPSA) is 27.7 Å². The first-order chi connectivity index (χ1) is 14.2. The molecule has 0 amide bonds. The molecule has 0 radical (unpaired) electrons. The standard InChI is InChI=1S/C26H22O3/c1-27-25-7-3-5-21(17-25)19-9-13-23(14-10-19)29-24-15-11-20(12-16-24)22-6-4-8-26(18-22)28-2/h3-18H,1-2H3. The lowest BCUT2D eigenvalue weighted by Crippen LogP contribution is -1.87. The van der Waals surface area contributed by atoms with E-state index in [-0.39, 0.29) is 0 Å². The summed E-state index contributed by atoms with van der Waals surface area (Å²) in [7, 11) is 3.35. The highest BCUT2D eigenvalue weighted by atomic mass is 16.5. The van der Waals surface area contributed by atoms with E-state index in [0.717, 1.165) is 45.3 Å². The lowest BCUT2D eigenvalue weighted by Gasteiger charge is -2.09. The second-order valence-corrected chi connectivity index (χ2v) is 6.61. The normalized spacial score (nSPS) is 10.4. The van der Waals surface area contributed by atoms with Crippen LogP contribution in [0.3, 0.4) is 0 Å². The van der Waals surface area contributed by atoms with Crippen molar-refractivity contribution in [2.24, 2.45) is 0 Å². The zero-order chi connectivity index (χ0) is 20.1. The minimum absolute atomic E-state index is 0.797. The van der Waals surface area contributed by atoms with Gasteiger partial charge < -0.3 is 14.2 Å². The van der Waals surface area contributed by atoms with E-state index in [1.807, 2.05) is 60.7 Å². The zero-order valence-corrected chi connectivity index (χ0v) is 16.5. The molecular weight excluding hydrogens is 360 g/mol. The third-order valence-electron chi connectivity index (χ3n) is 4.75. The lowest BCUT2D eigenvalue weighted by atomic mass is 10.1. The molecule has 4 aromatic carbocycles. The second kappa shape index (κ2) is 8.53. The van der Waals surface area contributed by atoms with Crippen molar-refractivity contribution in [3.63, 3.8) is 0 Å². The van der Waals surface area contributed by atoms with Gasteiger partial charge in [-0.3, -0.25) is 0 Å². The van der Waals surface area contributed by atoms with Gasteiger partial charge in [-0.2, -0.15) is 0 Å². The van der Waals surface area contributed by atoms with Crippen molar-refractivity contribution < 1.29 is 14.2 Å².